The first-order valence-corrected chi connectivity index (χ1v) is 9.48. The quantitative estimate of drug-likeness (QED) is 0.258. The van der Waals surface area contributed by atoms with Gasteiger partial charge < -0.3 is 9.47 Å². The Balaban J connectivity index is 0.00000379. The van der Waals surface area contributed by atoms with Crippen LogP contribution in [0.2, 0.25) is 0 Å². The number of benzene rings is 1. The summed E-state index contributed by atoms with van der Waals surface area (Å²) in [6.07, 6.45) is 0.0976. The minimum absolute atomic E-state index is 0.319. The minimum atomic E-state index is -4.39. The molecule has 0 fully saturated rings. The van der Waals surface area contributed by atoms with Crippen molar-refractivity contribution in [1.82, 2.24) is 0 Å². The molecule has 29 heavy (non-hydrogen) atoms. The van der Waals surface area contributed by atoms with Gasteiger partial charge in [-0.05, 0) is 29.2 Å². The van der Waals surface area contributed by atoms with Crippen molar-refractivity contribution in [3.05, 3.63) is 72.4 Å². The number of ether oxygens (including phenoxy) is 2. The second-order valence-electron chi connectivity index (χ2n) is 6.18. The van der Waals surface area contributed by atoms with Crippen molar-refractivity contribution in [1.29, 1.82) is 0 Å². The fourth-order valence-corrected chi connectivity index (χ4v) is 2.44. The van der Waals surface area contributed by atoms with Gasteiger partial charge >= 0.3 is 12.1 Å². The van der Waals surface area contributed by atoms with Crippen LogP contribution in [0.4, 0.5) is 13.2 Å². The second-order valence-corrected chi connectivity index (χ2v) is 6.18. The van der Waals surface area contributed by atoms with Crippen LogP contribution in [0.15, 0.2) is 61.2 Å². The number of hydrogen-bond acceptors (Lipinski definition) is 3. The SMILES string of the molecule is C=C/C=C(\C=C)CC(OC)OC(=O)C(C)C(C)c1ccc(C(F)(F)F)cc1.CC. The Kier molecular flexibility index (Phi) is 11.9. The molecule has 1 aromatic rings. The van der Waals surface area contributed by atoms with Crippen molar-refractivity contribution in [2.45, 2.75) is 52.5 Å². The Morgan fingerprint density at radius 3 is 2.10 bits per heavy atom. The zero-order valence-electron chi connectivity index (χ0n) is 17.8. The number of alkyl halides is 3. The average Bonchev–Trinajstić information content (AvgIpc) is 2.72. The van der Waals surface area contributed by atoms with Crippen LogP contribution in [-0.4, -0.2) is 19.4 Å². The Morgan fingerprint density at radius 1 is 1.14 bits per heavy atom. The van der Waals surface area contributed by atoms with E-state index < -0.39 is 29.9 Å². The van der Waals surface area contributed by atoms with Crippen LogP contribution in [0.3, 0.4) is 0 Å². The number of methoxy groups -OCH3 is 1. The van der Waals surface area contributed by atoms with E-state index in [4.69, 9.17) is 9.47 Å². The van der Waals surface area contributed by atoms with Crippen molar-refractivity contribution >= 4 is 5.97 Å². The molecule has 0 bridgehead atoms. The molecule has 1 aromatic carbocycles. The van der Waals surface area contributed by atoms with Crippen molar-refractivity contribution < 1.29 is 27.4 Å². The molecule has 3 atom stereocenters. The molecule has 162 valence electrons. The molecule has 3 unspecified atom stereocenters. The highest BCUT2D eigenvalue weighted by Gasteiger charge is 2.31. The van der Waals surface area contributed by atoms with Crippen molar-refractivity contribution in [3.63, 3.8) is 0 Å². The average molecular weight is 412 g/mol. The standard InChI is InChI=1S/C21H25F3O3.C2H6/c1-6-8-16(7-2)13-19(26-5)27-20(25)15(4)14(3)17-9-11-18(12-10-17)21(22,23)24;1-2/h6-12,14-15,19H,1-2,13H2,3-5H3;1-2H3/b16-8+;. The highest BCUT2D eigenvalue weighted by Crippen LogP contribution is 2.32. The maximum Gasteiger partial charge on any atom is 0.416 e. The monoisotopic (exact) mass is 412 g/mol. The molecule has 0 saturated heterocycles. The molecule has 3 nitrogen and oxygen atoms in total. The topological polar surface area (TPSA) is 35.5 Å². The smallest absolute Gasteiger partial charge is 0.416 e. The summed E-state index contributed by atoms with van der Waals surface area (Å²) in [5, 5.41) is 0. The number of rotatable bonds is 9. The predicted molar refractivity (Wildman–Crippen MR) is 110 cm³/mol. The van der Waals surface area contributed by atoms with Crippen LogP contribution >= 0.6 is 0 Å². The van der Waals surface area contributed by atoms with E-state index in [1.165, 1.54) is 19.2 Å². The lowest BCUT2D eigenvalue weighted by molar-refractivity contribution is -0.177. The summed E-state index contributed by atoms with van der Waals surface area (Å²) in [5.41, 5.74) is 0.701. The largest absolute Gasteiger partial charge is 0.435 e. The first kappa shape index (κ1) is 26.7. The van der Waals surface area contributed by atoms with Gasteiger partial charge in [0.15, 0.2) is 0 Å². The van der Waals surface area contributed by atoms with Gasteiger partial charge in [-0.1, -0.05) is 71.2 Å². The van der Waals surface area contributed by atoms with E-state index in [2.05, 4.69) is 13.2 Å². The normalized spacial score (nSPS) is 14.7. The van der Waals surface area contributed by atoms with E-state index in [-0.39, 0.29) is 5.92 Å². The molecular formula is C23H31F3O3. The van der Waals surface area contributed by atoms with E-state index in [1.54, 1.807) is 32.1 Å². The molecule has 0 heterocycles. The zero-order valence-corrected chi connectivity index (χ0v) is 17.8. The molecule has 0 saturated carbocycles. The van der Waals surface area contributed by atoms with E-state index in [0.29, 0.717) is 12.0 Å². The Bertz CT molecular complexity index is 676. The second kappa shape index (κ2) is 13.0. The van der Waals surface area contributed by atoms with Gasteiger partial charge in [-0.15, -0.1) is 0 Å². The Morgan fingerprint density at radius 2 is 1.69 bits per heavy atom. The number of carbonyl (C=O) groups excluding carboxylic acids is 1. The van der Waals surface area contributed by atoms with E-state index in [9.17, 15) is 18.0 Å². The predicted octanol–water partition coefficient (Wildman–Crippen LogP) is 6.68. The van der Waals surface area contributed by atoms with Crippen LogP contribution in [-0.2, 0) is 20.4 Å². The molecule has 0 aromatic heterocycles. The number of hydrogen-bond donors (Lipinski definition) is 0. The fourth-order valence-electron chi connectivity index (χ4n) is 2.44. The highest BCUT2D eigenvalue weighted by atomic mass is 19.4. The molecule has 0 aliphatic heterocycles. The molecule has 1 rings (SSSR count). The van der Waals surface area contributed by atoms with Crippen LogP contribution < -0.4 is 0 Å². The first-order valence-electron chi connectivity index (χ1n) is 9.48. The summed E-state index contributed by atoms with van der Waals surface area (Å²) >= 11 is 0. The molecular weight excluding hydrogens is 381 g/mol. The van der Waals surface area contributed by atoms with Gasteiger partial charge in [-0.3, -0.25) is 4.79 Å². The Labute approximate surface area is 171 Å². The van der Waals surface area contributed by atoms with E-state index >= 15 is 0 Å². The lowest BCUT2D eigenvalue weighted by atomic mass is 9.88. The van der Waals surface area contributed by atoms with Gasteiger partial charge in [0.2, 0.25) is 6.29 Å². The van der Waals surface area contributed by atoms with Crippen molar-refractivity contribution in [2.75, 3.05) is 7.11 Å². The maximum atomic E-state index is 12.7. The van der Waals surface area contributed by atoms with Crippen LogP contribution in [0, 0.1) is 5.92 Å². The number of allylic oxidation sites excluding steroid dienone is 3. The molecule has 0 spiro atoms. The summed E-state index contributed by atoms with van der Waals surface area (Å²) in [6, 6.07) is 4.79. The fraction of sp³-hybridized carbons (Fsp3) is 0.435. The summed E-state index contributed by atoms with van der Waals surface area (Å²) in [6.45, 7) is 14.7. The summed E-state index contributed by atoms with van der Waals surface area (Å²) in [5.74, 6) is -1.37. The molecule has 0 aliphatic carbocycles. The number of esters is 1. The third-order valence-electron chi connectivity index (χ3n) is 4.39. The van der Waals surface area contributed by atoms with Crippen molar-refractivity contribution in [3.8, 4) is 0 Å². The van der Waals surface area contributed by atoms with Gasteiger partial charge in [-0.2, -0.15) is 13.2 Å². The van der Waals surface area contributed by atoms with Gasteiger partial charge in [0.25, 0.3) is 0 Å². The lowest BCUT2D eigenvalue weighted by Gasteiger charge is -2.23. The lowest BCUT2D eigenvalue weighted by Crippen LogP contribution is -2.27. The van der Waals surface area contributed by atoms with Gasteiger partial charge in [-0.25, -0.2) is 0 Å². The van der Waals surface area contributed by atoms with Crippen LogP contribution in [0.5, 0.6) is 0 Å². The zero-order chi connectivity index (χ0) is 22.6. The van der Waals surface area contributed by atoms with Gasteiger partial charge in [0.05, 0.1) is 11.5 Å². The molecule has 0 radical (unpaired) electrons. The van der Waals surface area contributed by atoms with E-state index in [0.717, 1.165) is 17.7 Å². The Hall–Kier alpha value is -2.34. The molecule has 0 amide bonds. The van der Waals surface area contributed by atoms with Crippen molar-refractivity contribution in [2.24, 2.45) is 5.92 Å². The van der Waals surface area contributed by atoms with E-state index in [1.807, 2.05) is 13.8 Å². The van der Waals surface area contributed by atoms with Gasteiger partial charge in [0, 0.05) is 13.5 Å². The molecule has 0 N–H and O–H groups in total. The third-order valence-corrected chi connectivity index (χ3v) is 4.39. The summed E-state index contributed by atoms with van der Waals surface area (Å²) < 4.78 is 48.6. The number of carbonyl (C=O) groups is 1. The summed E-state index contributed by atoms with van der Waals surface area (Å²) in [4.78, 5) is 12.4. The maximum absolute atomic E-state index is 12.7. The van der Waals surface area contributed by atoms with Crippen LogP contribution in [0.1, 0.15) is 51.2 Å². The highest BCUT2D eigenvalue weighted by molar-refractivity contribution is 5.73. The van der Waals surface area contributed by atoms with Crippen LogP contribution in [0.25, 0.3) is 0 Å². The van der Waals surface area contributed by atoms with Gasteiger partial charge in [0.1, 0.15) is 0 Å². The summed E-state index contributed by atoms with van der Waals surface area (Å²) in [7, 11) is 1.43. The first-order chi connectivity index (χ1) is 13.6. The number of halogens is 3. The third kappa shape index (κ3) is 8.69. The molecule has 6 heteroatoms. The molecule has 0 aliphatic rings. The minimum Gasteiger partial charge on any atom is -0.435 e.